The van der Waals surface area contributed by atoms with Crippen molar-refractivity contribution in [1.29, 1.82) is 0 Å². The Morgan fingerprint density at radius 1 is 1.65 bits per heavy atom. The van der Waals surface area contributed by atoms with Gasteiger partial charge >= 0.3 is 5.97 Å². The van der Waals surface area contributed by atoms with Crippen molar-refractivity contribution >= 4 is 11.9 Å². The molecule has 1 aromatic heterocycles. The van der Waals surface area contributed by atoms with Gasteiger partial charge in [0, 0.05) is 19.2 Å². The third-order valence-corrected chi connectivity index (χ3v) is 2.85. The predicted molar refractivity (Wildman–Crippen MR) is 56.5 cm³/mol. The van der Waals surface area contributed by atoms with Gasteiger partial charge in [-0.3, -0.25) is 4.79 Å². The molecule has 0 spiro atoms. The summed E-state index contributed by atoms with van der Waals surface area (Å²) < 4.78 is 4.54. The zero-order chi connectivity index (χ0) is 12.4. The van der Waals surface area contributed by atoms with Gasteiger partial charge < -0.3 is 20.3 Å². The molecule has 92 valence electrons. The first-order chi connectivity index (χ1) is 8.11. The van der Waals surface area contributed by atoms with Gasteiger partial charge in [0.1, 0.15) is 0 Å². The van der Waals surface area contributed by atoms with Crippen LogP contribution in [0.2, 0.25) is 0 Å². The molecule has 3 N–H and O–H groups in total. The predicted octanol–water partition coefficient (Wildman–Crippen LogP) is -0.206. The molecule has 1 aliphatic rings. The van der Waals surface area contributed by atoms with E-state index in [0.29, 0.717) is 25.6 Å². The fourth-order valence-corrected chi connectivity index (χ4v) is 1.85. The summed E-state index contributed by atoms with van der Waals surface area (Å²) in [4.78, 5) is 24.1. The van der Waals surface area contributed by atoms with Crippen molar-refractivity contribution in [2.75, 3.05) is 19.6 Å². The van der Waals surface area contributed by atoms with Crippen molar-refractivity contribution in [3.8, 4) is 0 Å². The maximum atomic E-state index is 11.9. The molecule has 1 fully saturated rings. The molecule has 1 amide bonds. The maximum Gasteiger partial charge on any atom is 0.374 e. The van der Waals surface area contributed by atoms with Gasteiger partial charge in [-0.05, 0) is 18.9 Å². The van der Waals surface area contributed by atoms with E-state index in [4.69, 9.17) is 10.8 Å². The second-order valence-corrected chi connectivity index (χ2v) is 4.02. The second kappa shape index (κ2) is 4.54. The van der Waals surface area contributed by atoms with Crippen LogP contribution in [0, 0.1) is 5.92 Å². The molecule has 1 unspecified atom stereocenters. The number of hydrogen-bond donors (Lipinski definition) is 2. The lowest BCUT2D eigenvalue weighted by molar-refractivity contribution is 0.0649. The highest BCUT2D eigenvalue weighted by atomic mass is 16.5. The van der Waals surface area contributed by atoms with Gasteiger partial charge in [0.2, 0.25) is 5.76 Å². The van der Waals surface area contributed by atoms with Crippen molar-refractivity contribution in [2.24, 2.45) is 11.7 Å². The summed E-state index contributed by atoms with van der Waals surface area (Å²) in [6.45, 7) is 1.75. The normalized spacial score (nSPS) is 19.6. The van der Waals surface area contributed by atoms with E-state index in [-0.39, 0.29) is 17.4 Å². The van der Waals surface area contributed by atoms with Crippen LogP contribution in [0.4, 0.5) is 0 Å². The Labute approximate surface area is 97.2 Å². The SMILES string of the molecule is NCC1CCN(C(=O)c2cc(C(=O)O)on2)C1. The number of carbonyl (C=O) groups excluding carboxylic acids is 1. The summed E-state index contributed by atoms with van der Waals surface area (Å²) in [6.07, 6.45) is 0.867. The van der Waals surface area contributed by atoms with Crippen molar-refractivity contribution < 1.29 is 19.2 Å². The highest BCUT2D eigenvalue weighted by Crippen LogP contribution is 2.17. The van der Waals surface area contributed by atoms with E-state index >= 15 is 0 Å². The molecule has 1 aromatic rings. The monoisotopic (exact) mass is 239 g/mol. The molecule has 0 aromatic carbocycles. The lowest BCUT2D eigenvalue weighted by Crippen LogP contribution is -2.30. The smallest absolute Gasteiger partial charge is 0.374 e. The van der Waals surface area contributed by atoms with Crippen LogP contribution in [-0.4, -0.2) is 46.7 Å². The van der Waals surface area contributed by atoms with E-state index in [1.165, 1.54) is 0 Å². The largest absolute Gasteiger partial charge is 0.475 e. The van der Waals surface area contributed by atoms with Crippen molar-refractivity contribution in [3.05, 3.63) is 17.5 Å². The Bertz CT molecular complexity index is 443. The summed E-state index contributed by atoms with van der Waals surface area (Å²) in [5.74, 6) is -1.57. The summed E-state index contributed by atoms with van der Waals surface area (Å²) in [6, 6.07) is 1.14. The Morgan fingerprint density at radius 2 is 2.41 bits per heavy atom. The highest BCUT2D eigenvalue weighted by Gasteiger charge is 2.28. The quantitative estimate of drug-likeness (QED) is 0.755. The number of aromatic carboxylic acids is 1. The first-order valence-electron chi connectivity index (χ1n) is 5.31. The molecule has 2 heterocycles. The average molecular weight is 239 g/mol. The Balaban J connectivity index is 2.07. The molecule has 1 atom stereocenters. The number of hydrogen-bond acceptors (Lipinski definition) is 5. The van der Waals surface area contributed by atoms with Gasteiger partial charge in [-0.25, -0.2) is 4.79 Å². The molecule has 1 saturated heterocycles. The Morgan fingerprint density at radius 3 is 2.94 bits per heavy atom. The minimum Gasteiger partial charge on any atom is -0.475 e. The van der Waals surface area contributed by atoms with Gasteiger partial charge in [-0.15, -0.1) is 0 Å². The molecule has 0 aliphatic carbocycles. The summed E-state index contributed by atoms with van der Waals surface area (Å²) >= 11 is 0. The van der Waals surface area contributed by atoms with Crippen LogP contribution in [0.3, 0.4) is 0 Å². The zero-order valence-electron chi connectivity index (χ0n) is 9.13. The fraction of sp³-hybridized carbons (Fsp3) is 0.500. The van der Waals surface area contributed by atoms with E-state index in [9.17, 15) is 9.59 Å². The molecule has 2 rings (SSSR count). The summed E-state index contributed by atoms with van der Waals surface area (Å²) in [5.41, 5.74) is 5.56. The number of amides is 1. The lowest BCUT2D eigenvalue weighted by atomic mass is 10.1. The zero-order valence-corrected chi connectivity index (χ0v) is 9.13. The molecule has 17 heavy (non-hydrogen) atoms. The number of nitrogens with two attached hydrogens (primary N) is 1. The Hall–Kier alpha value is -1.89. The average Bonchev–Trinajstić information content (AvgIpc) is 2.97. The molecule has 7 nitrogen and oxygen atoms in total. The topological polar surface area (TPSA) is 110 Å². The molecule has 7 heteroatoms. The number of carboxylic acids is 1. The van der Waals surface area contributed by atoms with Gasteiger partial charge in [0.05, 0.1) is 0 Å². The first-order valence-corrected chi connectivity index (χ1v) is 5.31. The van der Waals surface area contributed by atoms with Crippen molar-refractivity contribution in [1.82, 2.24) is 10.1 Å². The van der Waals surface area contributed by atoms with E-state index in [1.54, 1.807) is 4.90 Å². The van der Waals surface area contributed by atoms with E-state index in [2.05, 4.69) is 9.68 Å². The van der Waals surface area contributed by atoms with Gasteiger partial charge in [0.15, 0.2) is 5.69 Å². The van der Waals surface area contributed by atoms with Crippen molar-refractivity contribution in [2.45, 2.75) is 6.42 Å². The van der Waals surface area contributed by atoms with Crippen LogP contribution in [0.25, 0.3) is 0 Å². The van der Waals surface area contributed by atoms with Crippen LogP contribution in [0.15, 0.2) is 10.6 Å². The Kier molecular flexibility index (Phi) is 3.10. The van der Waals surface area contributed by atoms with E-state index < -0.39 is 5.97 Å². The van der Waals surface area contributed by atoms with Crippen LogP contribution >= 0.6 is 0 Å². The molecule has 0 radical (unpaired) electrons. The number of rotatable bonds is 3. The number of carboxylic acid groups (broad SMARTS) is 1. The van der Waals surface area contributed by atoms with Crippen molar-refractivity contribution in [3.63, 3.8) is 0 Å². The number of nitrogens with zero attached hydrogens (tertiary/aromatic N) is 2. The van der Waals surface area contributed by atoms with Crippen LogP contribution in [0.1, 0.15) is 27.5 Å². The number of carbonyl (C=O) groups is 2. The molecule has 1 aliphatic heterocycles. The van der Waals surface area contributed by atoms with Gasteiger partial charge in [-0.1, -0.05) is 5.16 Å². The molecule has 0 bridgehead atoms. The van der Waals surface area contributed by atoms with Crippen LogP contribution in [0.5, 0.6) is 0 Å². The van der Waals surface area contributed by atoms with Crippen LogP contribution < -0.4 is 5.73 Å². The first kappa shape index (κ1) is 11.6. The summed E-state index contributed by atoms with van der Waals surface area (Å²) in [7, 11) is 0. The van der Waals surface area contributed by atoms with E-state index in [1.807, 2.05) is 0 Å². The molecule has 0 saturated carbocycles. The molecular weight excluding hydrogens is 226 g/mol. The van der Waals surface area contributed by atoms with Gasteiger partial charge in [-0.2, -0.15) is 0 Å². The fourth-order valence-electron chi connectivity index (χ4n) is 1.85. The third-order valence-electron chi connectivity index (χ3n) is 2.85. The highest BCUT2D eigenvalue weighted by molar-refractivity contribution is 5.94. The van der Waals surface area contributed by atoms with E-state index in [0.717, 1.165) is 12.5 Å². The maximum absolute atomic E-state index is 11.9. The van der Waals surface area contributed by atoms with Crippen LogP contribution in [-0.2, 0) is 0 Å². The summed E-state index contributed by atoms with van der Waals surface area (Å²) in [5, 5.41) is 12.1. The molecular formula is C10H13N3O4. The lowest BCUT2D eigenvalue weighted by Gasteiger charge is -2.13. The second-order valence-electron chi connectivity index (χ2n) is 4.02. The standard InChI is InChI=1S/C10H13N3O4/c11-4-6-1-2-13(5-6)9(14)7-3-8(10(15)16)17-12-7/h3,6H,1-2,4-5,11H2,(H,15,16). The number of likely N-dealkylation sites (tertiary alicyclic amines) is 1. The third kappa shape index (κ3) is 2.28. The number of aromatic nitrogens is 1. The van der Waals surface area contributed by atoms with Gasteiger partial charge in [0.25, 0.3) is 5.91 Å². The minimum atomic E-state index is -1.24. The minimum absolute atomic E-state index is 0.0278.